The minimum absolute atomic E-state index is 0.178. The molecule has 2 aliphatic heterocycles. The Morgan fingerprint density at radius 2 is 2.22 bits per heavy atom. The van der Waals surface area contributed by atoms with Crippen LogP contribution in [0.2, 0.25) is 0 Å². The van der Waals surface area contributed by atoms with Gasteiger partial charge >= 0.3 is 0 Å². The molecule has 2 bridgehead atoms. The molecule has 0 aromatic carbocycles. The van der Waals surface area contributed by atoms with Gasteiger partial charge in [0.1, 0.15) is 12.4 Å². The number of aryl methyl sites for hydroxylation is 1. The molecular formula is C16H20N4O2S. The van der Waals surface area contributed by atoms with Crippen LogP contribution in [0.3, 0.4) is 0 Å². The standard InChI is InChI=1S/C16H20N4O2S/c1-10-5-6-23-15(10)16(21)20-11-3-4-12(20)8-19-13(7-11)17-18-14(19)9-22-2/h5-6,11-12H,3-4,7-9H2,1-2H3/t11-,12+/m0/s1. The molecule has 1 amide bonds. The summed E-state index contributed by atoms with van der Waals surface area (Å²) in [7, 11) is 1.67. The van der Waals surface area contributed by atoms with Crippen molar-refractivity contribution in [2.45, 2.75) is 51.4 Å². The molecular weight excluding hydrogens is 312 g/mol. The van der Waals surface area contributed by atoms with E-state index in [4.69, 9.17) is 4.74 Å². The predicted octanol–water partition coefficient (Wildman–Crippen LogP) is 2.02. The number of thiophene rings is 1. The Bertz CT molecular complexity index is 738. The van der Waals surface area contributed by atoms with E-state index in [1.54, 1.807) is 18.4 Å². The molecule has 0 aliphatic carbocycles. The van der Waals surface area contributed by atoms with E-state index in [1.807, 2.05) is 18.4 Å². The molecule has 23 heavy (non-hydrogen) atoms. The number of carbonyl (C=O) groups is 1. The highest BCUT2D eigenvalue weighted by Gasteiger charge is 2.41. The number of aromatic nitrogens is 3. The van der Waals surface area contributed by atoms with Crippen LogP contribution >= 0.6 is 11.3 Å². The van der Waals surface area contributed by atoms with Crippen molar-refractivity contribution in [1.29, 1.82) is 0 Å². The van der Waals surface area contributed by atoms with E-state index >= 15 is 0 Å². The van der Waals surface area contributed by atoms with E-state index in [9.17, 15) is 4.79 Å². The normalized spacial score (nSPS) is 23.0. The molecule has 0 N–H and O–H groups in total. The highest BCUT2D eigenvalue weighted by molar-refractivity contribution is 7.12. The zero-order valence-electron chi connectivity index (χ0n) is 13.4. The fourth-order valence-electron chi connectivity index (χ4n) is 3.77. The molecule has 0 radical (unpaired) electrons. The van der Waals surface area contributed by atoms with Crippen LogP contribution in [0.5, 0.6) is 0 Å². The molecule has 2 aromatic heterocycles. The lowest BCUT2D eigenvalue weighted by Crippen LogP contribution is -2.42. The maximum atomic E-state index is 13.0. The molecule has 0 unspecified atom stereocenters. The molecule has 0 saturated carbocycles. The first kappa shape index (κ1) is 14.8. The number of fused-ring (bicyclic) bond motifs is 3. The first-order valence-corrected chi connectivity index (χ1v) is 8.83. The van der Waals surface area contributed by atoms with Crippen molar-refractivity contribution in [3.8, 4) is 0 Å². The fourth-order valence-corrected chi connectivity index (χ4v) is 4.64. The van der Waals surface area contributed by atoms with Gasteiger partial charge in [-0.1, -0.05) is 0 Å². The average molecular weight is 332 g/mol. The lowest BCUT2D eigenvalue weighted by Gasteiger charge is -2.27. The Labute approximate surface area is 139 Å². The summed E-state index contributed by atoms with van der Waals surface area (Å²) in [6.45, 7) is 3.24. The highest BCUT2D eigenvalue weighted by atomic mass is 32.1. The third-order valence-corrected chi connectivity index (χ3v) is 5.90. The van der Waals surface area contributed by atoms with Crippen molar-refractivity contribution in [2.24, 2.45) is 0 Å². The first-order valence-electron chi connectivity index (χ1n) is 7.95. The van der Waals surface area contributed by atoms with E-state index in [-0.39, 0.29) is 18.0 Å². The Hall–Kier alpha value is -1.73. The number of nitrogens with zero attached hydrogens (tertiary/aromatic N) is 4. The zero-order valence-corrected chi connectivity index (χ0v) is 14.2. The largest absolute Gasteiger partial charge is 0.377 e. The van der Waals surface area contributed by atoms with Gasteiger partial charge in [0, 0.05) is 26.1 Å². The molecule has 4 rings (SSSR count). The molecule has 4 heterocycles. The third-order valence-electron chi connectivity index (χ3n) is 4.90. The van der Waals surface area contributed by atoms with E-state index < -0.39 is 0 Å². The van der Waals surface area contributed by atoms with E-state index in [0.717, 1.165) is 47.9 Å². The second-order valence-corrected chi connectivity index (χ2v) is 7.23. The molecule has 1 fully saturated rings. The Morgan fingerprint density at radius 1 is 1.39 bits per heavy atom. The summed E-state index contributed by atoms with van der Waals surface area (Å²) < 4.78 is 7.37. The van der Waals surface area contributed by atoms with E-state index in [2.05, 4.69) is 19.7 Å². The molecule has 6 nitrogen and oxygen atoms in total. The maximum absolute atomic E-state index is 13.0. The minimum Gasteiger partial charge on any atom is -0.377 e. The molecule has 0 spiro atoms. The topological polar surface area (TPSA) is 60.3 Å². The number of hydrogen-bond acceptors (Lipinski definition) is 5. The number of amides is 1. The van der Waals surface area contributed by atoms with Crippen LogP contribution in [0, 0.1) is 6.92 Å². The van der Waals surface area contributed by atoms with Crippen molar-refractivity contribution in [1.82, 2.24) is 19.7 Å². The average Bonchev–Trinajstić information content (AvgIpc) is 3.18. The van der Waals surface area contributed by atoms with Gasteiger partial charge in [0.2, 0.25) is 0 Å². The van der Waals surface area contributed by atoms with Gasteiger partial charge in [-0.25, -0.2) is 0 Å². The van der Waals surface area contributed by atoms with Crippen LogP contribution < -0.4 is 0 Å². The van der Waals surface area contributed by atoms with Crippen LogP contribution in [0.15, 0.2) is 11.4 Å². The van der Waals surface area contributed by atoms with E-state index in [0.29, 0.717) is 6.61 Å². The summed E-state index contributed by atoms with van der Waals surface area (Å²) in [5.41, 5.74) is 1.07. The number of carbonyl (C=O) groups excluding carboxylic acids is 1. The maximum Gasteiger partial charge on any atom is 0.264 e. The predicted molar refractivity (Wildman–Crippen MR) is 86.5 cm³/mol. The van der Waals surface area contributed by atoms with Gasteiger partial charge in [0.05, 0.1) is 10.9 Å². The summed E-state index contributed by atoms with van der Waals surface area (Å²) in [4.78, 5) is 16.0. The molecule has 1 saturated heterocycles. The molecule has 7 heteroatoms. The van der Waals surface area contributed by atoms with Crippen molar-refractivity contribution < 1.29 is 9.53 Å². The summed E-state index contributed by atoms with van der Waals surface area (Å²) in [6, 6.07) is 2.47. The van der Waals surface area contributed by atoms with E-state index in [1.165, 1.54) is 0 Å². The van der Waals surface area contributed by atoms with Gasteiger partial charge in [0.15, 0.2) is 5.82 Å². The molecule has 2 aromatic rings. The van der Waals surface area contributed by atoms with Gasteiger partial charge in [-0.15, -0.1) is 21.5 Å². The number of rotatable bonds is 3. The monoisotopic (exact) mass is 332 g/mol. The van der Waals surface area contributed by atoms with Crippen LogP contribution in [-0.2, 0) is 24.3 Å². The second-order valence-electron chi connectivity index (χ2n) is 6.31. The van der Waals surface area contributed by atoms with Crippen molar-refractivity contribution in [3.63, 3.8) is 0 Å². The smallest absolute Gasteiger partial charge is 0.264 e. The highest BCUT2D eigenvalue weighted by Crippen LogP contribution is 2.34. The fraction of sp³-hybridized carbons (Fsp3) is 0.562. The summed E-state index contributed by atoms with van der Waals surface area (Å²) >= 11 is 1.54. The zero-order chi connectivity index (χ0) is 16.0. The minimum atomic E-state index is 0.178. The van der Waals surface area contributed by atoms with Crippen LogP contribution in [0.1, 0.15) is 39.7 Å². The van der Waals surface area contributed by atoms with Crippen LogP contribution in [-0.4, -0.2) is 44.8 Å². The van der Waals surface area contributed by atoms with Crippen molar-refractivity contribution in [2.75, 3.05) is 7.11 Å². The van der Waals surface area contributed by atoms with Crippen LogP contribution in [0.25, 0.3) is 0 Å². The quantitative estimate of drug-likeness (QED) is 0.863. The van der Waals surface area contributed by atoms with Crippen molar-refractivity contribution in [3.05, 3.63) is 33.5 Å². The van der Waals surface area contributed by atoms with Gasteiger partial charge in [-0.05, 0) is 36.8 Å². The first-order chi connectivity index (χ1) is 11.2. The summed E-state index contributed by atoms with van der Waals surface area (Å²) in [5.74, 6) is 2.01. The number of methoxy groups -OCH3 is 1. The van der Waals surface area contributed by atoms with Gasteiger partial charge in [0.25, 0.3) is 5.91 Å². The lowest BCUT2D eigenvalue weighted by atomic mass is 10.1. The van der Waals surface area contributed by atoms with Crippen molar-refractivity contribution >= 4 is 17.2 Å². The van der Waals surface area contributed by atoms with Crippen LogP contribution in [0.4, 0.5) is 0 Å². The van der Waals surface area contributed by atoms with Gasteiger partial charge in [-0.2, -0.15) is 0 Å². The second kappa shape index (κ2) is 5.72. The number of hydrogen-bond donors (Lipinski definition) is 0. The SMILES string of the molecule is COCc1nnc2n1C[C@H]1CC[C@@H](C2)N1C(=O)c1sccc1C. The van der Waals surface area contributed by atoms with Gasteiger partial charge in [-0.3, -0.25) is 4.79 Å². The lowest BCUT2D eigenvalue weighted by molar-refractivity contribution is 0.0668. The third kappa shape index (κ3) is 2.38. The Balaban J connectivity index is 1.65. The summed E-state index contributed by atoms with van der Waals surface area (Å²) in [6.07, 6.45) is 2.88. The molecule has 2 aliphatic rings. The molecule has 2 atom stereocenters. The summed E-state index contributed by atoms with van der Waals surface area (Å²) in [5, 5.41) is 10.6. The molecule has 122 valence electrons. The van der Waals surface area contributed by atoms with Gasteiger partial charge < -0.3 is 14.2 Å². The Kier molecular flexibility index (Phi) is 3.69. The Morgan fingerprint density at radius 3 is 2.96 bits per heavy atom. The number of ether oxygens (including phenoxy) is 1.